The van der Waals surface area contributed by atoms with Gasteiger partial charge in [-0.15, -0.1) is 11.3 Å². The van der Waals surface area contributed by atoms with E-state index < -0.39 is 0 Å². The third kappa shape index (κ3) is 3.33. The number of thiazole rings is 1. The first-order valence-corrected chi connectivity index (χ1v) is 7.99. The van der Waals surface area contributed by atoms with E-state index in [4.69, 9.17) is 4.42 Å². The summed E-state index contributed by atoms with van der Waals surface area (Å²) in [6.45, 7) is 7.97. The number of carbonyl (C=O) groups is 1. The third-order valence-electron chi connectivity index (χ3n) is 3.66. The lowest BCUT2D eigenvalue weighted by Gasteiger charge is -2.33. The van der Waals surface area contributed by atoms with Gasteiger partial charge in [0.2, 0.25) is 0 Å². The number of nitrogens with zero attached hydrogens (tertiary/aromatic N) is 3. The van der Waals surface area contributed by atoms with Crippen molar-refractivity contribution in [1.82, 2.24) is 14.8 Å². The van der Waals surface area contributed by atoms with Crippen molar-refractivity contribution in [3.8, 4) is 0 Å². The molecule has 1 aliphatic rings. The van der Waals surface area contributed by atoms with Crippen molar-refractivity contribution in [1.29, 1.82) is 0 Å². The lowest BCUT2D eigenvalue weighted by molar-refractivity contribution is 0.0595. The molecule has 0 saturated carbocycles. The summed E-state index contributed by atoms with van der Waals surface area (Å²) < 4.78 is 5.41. The molecule has 0 aliphatic carbocycles. The Morgan fingerprint density at radius 2 is 2.05 bits per heavy atom. The maximum Gasteiger partial charge on any atom is 0.289 e. The van der Waals surface area contributed by atoms with Gasteiger partial charge in [-0.3, -0.25) is 9.69 Å². The van der Waals surface area contributed by atoms with Crippen molar-refractivity contribution in [2.45, 2.75) is 20.4 Å². The Labute approximate surface area is 128 Å². The van der Waals surface area contributed by atoms with E-state index >= 15 is 0 Å². The van der Waals surface area contributed by atoms with Crippen molar-refractivity contribution in [2.75, 3.05) is 26.2 Å². The van der Waals surface area contributed by atoms with Crippen LogP contribution in [0.3, 0.4) is 0 Å². The number of hydrogen-bond donors (Lipinski definition) is 0. The molecule has 0 spiro atoms. The Bertz CT molecular complexity index is 626. The van der Waals surface area contributed by atoms with Crippen LogP contribution in [0.1, 0.15) is 27.0 Å². The van der Waals surface area contributed by atoms with Gasteiger partial charge in [0.05, 0.1) is 10.7 Å². The zero-order valence-corrected chi connectivity index (χ0v) is 13.2. The molecule has 3 heterocycles. The molecule has 1 saturated heterocycles. The number of aromatic nitrogens is 1. The molecule has 2 aromatic rings. The highest BCUT2D eigenvalue weighted by Crippen LogP contribution is 2.14. The van der Waals surface area contributed by atoms with Crippen molar-refractivity contribution in [3.05, 3.63) is 39.7 Å². The second-order valence-electron chi connectivity index (χ2n) is 5.34. The minimum Gasteiger partial charge on any atom is -0.456 e. The van der Waals surface area contributed by atoms with Crippen LogP contribution in [0, 0.1) is 13.8 Å². The zero-order valence-electron chi connectivity index (χ0n) is 12.3. The van der Waals surface area contributed by atoms with Gasteiger partial charge in [0, 0.05) is 38.1 Å². The normalized spacial score (nSPS) is 16.4. The summed E-state index contributed by atoms with van der Waals surface area (Å²) >= 11 is 1.68. The quantitative estimate of drug-likeness (QED) is 0.873. The fraction of sp³-hybridized carbons (Fsp3) is 0.467. The number of rotatable bonds is 3. The van der Waals surface area contributed by atoms with Gasteiger partial charge < -0.3 is 9.32 Å². The smallest absolute Gasteiger partial charge is 0.289 e. The lowest BCUT2D eigenvalue weighted by Crippen LogP contribution is -2.48. The highest BCUT2D eigenvalue weighted by molar-refractivity contribution is 7.09. The van der Waals surface area contributed by atoms with Crippen molar-refractivity contribution in [3.63, 3.8) is 0 Å². The van der Waals surface area contributed by atoms with Crippen molar-refractivity contribution >= 4 is 17.2 Å². The van der Waals surface area contributed by atoms with E-state index in [0.717, 1.165) is 49.2 Å². The number of carbonyl (C=O) groups excluding carboxylic acids is 1. The summed E-state index contributed by atoms with van der Waals surface area (Å²) in [5.74, 6) is 1.21. The maximum absolute atomic E-state index is 12.3. The average molecular weight is 305 g/mol. The Morgan fingerprint density at radius 3 is 2.62 bits per heavy atom. The minimum atomic E-state index is -0.00717. The molecule has 2 aromatic heterocycles. The molecule has 1 aliphatic heterocycles. The van der Waals surface area contributed by atoms with Gasteiger partial charge in [-0.1, -0.05) is 0 Å². The summed E-state index contributed by atoms with van der Waals surface area (Å²) in [6.07, 6.45) is 0. The topological polar surface area (TPSA) is 49.6 Å². The molecule has 0 N–H and O–H groups in total. The van der Waals surface area contributed by atoms with E-state index in [9.17, 15) is 4.79 Å². The van der Waals surface area contributed by atoms with Crippen LogP contribution < -0.4 is 0 Å². The fourth-order valence-electron chi connectivity index (χ4n) is 2.52. The monoisotopic (exact) mass is 305 g/mol. The number of hydrogen-bond acceptors (Lipinski definition) is 5. The third-order valence-corrected chi connectivity index (χ3v) is 4.49. The minimum absolute atomic E-state index is 0.00717. The van der Waals surface area contributed by atoms with E-state index in [-0.39, 0.29) is 5.91 Å². The van der Waals surface area contributed by atoms with Crippen LogP contribution in [0.15, 0.2) is 21.9 Å². The highest BCUT2D eigenvalue weighted by Gasteiger charge is 2.24. The molecule has 1 amide bonds. The van der Waals surface area contributed by atoms with Crippen LogP contribution in [0.2, 0.25) is 0 Å². The van der Waals surface area contributed by atoms with E-state index in [1.807, 2.05) is 24.8 Å². The SMILES string of the molecule is Cc1ccc(C(=O)N2CCN(Cc3csc(C)n3)CC2)o1. The standard InChI is InChI=1S/C15H19N3O2S/c1-11-3-4-14(20-11)15(19)18-7-5-17(6-8-18)9-13-10-21-12(2)16-13/h3-4,10H,5-9H2,1-2H3. The molecule has 0 unspecified atom stereocenters. The molecular weight excluding hydrogens is 286 g/mol. The molecular formula is C15H19N3O2S. The molecule has 112 valence electrons. The van der Waals surface area contributed by atoms with E-state index in [1.165, 1.54) is 0 Å². The summed E-state index contributed by atoms with van der Waals surface area (Å²) in [4.78, 5) is 21.0. The lowest BCUT2D eigenvalue weighted by atomic mass is 10.2. The zero-order chi connectivity index (χ0) is 14.8. The Kier molecular flexibility index (Phi) is 4.07. The van der Waals surface area contributed by atoms with Crippen LogP contribution in [-0.2, 0) is 6.54 Å². The van der Waals surface area contributed by atoms with Crippen LogP contribution >= 0.6 is 11.3 Å². The predicted octanol–water partition coefficient (Wildman–Crippen LogP) is 2.31. The summed E-state index contributed by atoms with van der Waals surface area (Å²) in [6, 6.07) is 3.58. The summed E-state index contributed by atoms with van der Waals surface area (Å²) in [5.41, 5.74) is 1.12. The van der Waals surface area contributed by atoms with Gasteiger partial charge >= 0.3 is 0 Å². The molecule has 0 atom stereocenters. The van der Waals surface area contributed by atoms with Crippen LogP contribution in [0.4, 0.5) is 0 Å². The summed E-state index contributed by atoms with van der Waals surface area (Å²) in [7, 11) is 0. The van der Waals surface area contributed by atoms with Crippen LogP contribution in [0.5, 0.6) is 0 Å². The van der Waals surface area contributed by atoms with E-state index in [2.05, 4.69) is 15.3 Å². The molecule has 1 fully saturated rings. The average Bonchev–Trinajstić information content (AvgIpc) is 3.08. The largest absolute Gasteiger partial charge is 0.456 e. The number of aryl methyl sites for hydroxylation is 2. The number of piperazine rings is 1. The van der Waals surface area contributed by atoms with Crippen LogP contribution in [0.25, 0.3) is 0 Å². The first kappa shape index (κ1) is 14.3. The molecule has 0 bridgehead atoms. The number of furan rings is 1. The van der Waals surface area contributed by atoms with E-state index in [1.54, 1.807) is 17.4 Å². The van der Waals surface area contributed by atoms with Crippen LogP contribution in [-0.4, -0.2) is 46.9 Å². The molecule has 0 radical (unpaired) electrons. The van der Waals surface area contributed by atoms with Gasteiger partial charge in [0.1, 0.15) is 5.76 Å². The predicted molar refractivity (Wildman–Crippen MR) is 81.5 cm³/mol. The summed E-state index contributed by atoms with van der Waals surface area (Å²) in [5, 5.41) is 3.21. The fourth-order valence-corrected chi connectivity index (χ4v) is 3.13. The second-order valence-corrected chi connectivity index (χ2v) is 6.40. The van der Waals surface area contributed by atoms with E-state index in [0.29, 0.717) is 5.76 Å². The molecule has 0 aromatic carbocycles. The van der Waals surface area contributed by atoms with Gasteiger partial charge in [-0.05, 0) is 26.0 Å². The number of amides is 1. The Balaban J connectivity index is 1.54. The molecule has 3 rings (SSSR count). The highest BCUT2D eigenvalue weighted by atomic mass is 32.1. The van der Waals surface area contributed by atoms with Gasteiger partial charge in [0.25, 0.3) is 5.91 Å². The maximum atomic E-state index is 12.3. The van der Waals surface area contributed by atoms with Gasteiger partial charge in [-0.25, -0.2) is 4.98 Å². The first-order valence-electron chi connectivity index (χ1n) is 7.11. The van der Waals surface area contributed by atoms with Gasteiger partial charge in [-0.2, -0.15) is 0 Å². The molecule has 5 nitrogen and oxygen atoms in total. The van der Waals surface area contributed by atoms with Crippen molar-refractivity contribution < 1.29 is 9.21 Å². The Hall–Kier alpha value is -1.66. The Morgan fingerprint density at radius 1 is 1.29 bits per heavy atom. The van der Waals surface area contributed by atoms with Crippen molar-refractivity contribution in [2.24, 2.45) is 0 Å². The second kappa shape index (κ2) is 5.99. The van der Waals surface area contributed by atoms with Gasteiger partial charge in [0.15, 0.2) is 5.76 Å². The first-order chi connectivity index (χ1) is 10.1. The molecule has 21 heavy (non-hydrogen) atoms. The molecule has 6 heteroatoms.